The van der Waals surface area contributed by atoms with Crippen molar-refractivity contribution in [3.05, 3.63) is 16.2 Å². The van der Waals surface area contributed by atoms with E-state index in [0.717, 1.165) is 31.4 Å². The van der Waals surface area contributed by atoms with Gasteiger partial charge in [-0.05, 0) is 18.8 Å². The highest BCUT2D eigenvalue weighted by molar-refractivity contribution is 5.67. The monoisotopic (exact) mass is 288 g/mol. The zero-order chi connectivity index (χ0) is 14.2. The van der Waals surface area contributed by atoms with Crippen molar-refractivity contribution in [2.45, 2.75) is 45.2 Å². The molecule has 0 bridgehead atoms. The van der Waals surface area contributed by atoms with Crippen LogP contribution in [0.5, 0.6) is 0 Å². The number of aromatic nitrogens is 5. The van der Waals surface area contributed by atoms with Gasteiger partial charge in [-0.1, -0.05) is 24.5 Å². The Hall–Kier alpha value is -1.76. The van der Waals surface area contributed by atoms with Crippen LogP contribution in [0.1, 0.15) is 37.9 Å². The van der Waals surface area contributed by atoms with Gasteiger partial charge in [0.1, 0.15) is 5.82 Å². The highest BCUT2D eigenvalue weighted by Gasteiger charge is 2.24. The molecule has 2 aromatic heterocycles. The Balaban J connectivity index is 1.56. The molecule has 0 spiro atoms. The maximum atomic E-state index is 12.3. The normalized spacial score (nSPS) is 20.8. The van der Waals surface area contributed by atoms with Crippen molar-refractivity contribution < 1.29 is 0 Å². The molecule has 1 N–H and O–H groups in total. The molecule has 1 aliphatic carbocycles. The summed E-state index contributed by atoms with van der Waals surface area (Å²) in [6.07, 6.45) is 6.82. The second kappa shape index (κ2) is 5.22. The van der Waals surface area contributed by atoms with E-state index in [1.807, 2.05) is 0 Å². The SMILES string of the molecule is O=c1c2nn[nH]c2nc2n1CCN(CC1CCCCC1)C2. The first-order valence-electron chi connectivity index (χ1n) is 7.84. The molecule has 1 saturated carbocycles. The molecule has 7 nitrogen and oxygen atoms in total. The van der Waals surface area contributed by atoms with E-state index in [0.29, 0.717) is 17.7 Å². The molecule has 0 unspecified atom stereocenters. The van der Waals surface area contributed by atoms with Crippen molar-refractivity contribution in [3.63, 3.8) is 0 Å². The summed E-state index contributed by atoms with van der Waals surface area (Å²) in [5.41, 5.74) is 0.784. The van der Waals surface area contributed by atoms with Crippen LogP contribution in [0, 0.1) is 5.92 Å². The van der Waals surface area contributed by atoms with Crippen LogP contribution in [0.3, 0.4) is 0 Å². The smallest absolute Gasteiger partial charge is 0.283 e. The molecule has 7 heteroatoms. The molecule has 21 heavy (non-hydrogen) atoms. The predicted molar refractivity (Wildman–Crippen MR) is 77.8 cm³/mol. The third-order valence-corrected chi connectivity index (χ3v) is 4.78. The van der Waals surface area contributed by atoms with Gasteiger partial charge >= 0.3 is 0 Å². The molecule has 112 valence electrons. The van der Waals surface area contributed by atoms with Gasteiger partial charge in [-0.3, -0.25) is 14.3 Å². The third kappa shape index (κ3) is 2.35. The van der Waals surface area contributed by atoms with Gasteiger partial charge in [-0.25, -0.2) is 10.1 Å². The molecule has 0 saturated heterocycles. The third-order valence-electron chi connectivity index (χ3n) is 4.78. The van der Waals surface area contributed by atoms with Crippen LogP contribution in [-0.2, 0) is 13.1 Å². The number of hydrogen-bond acceptors (Lipinski definition) is 5. The number of hydrogen-bond donors (Lipinski definition) is 1. The van der Waals surface area contributed by atoms with Crippen molar-refractivity contribution in [2.75, 3.05) is 13.1 Å². The van der Waals surface area contributed by atoms with Gasteiger partial charge < -0.3 is 0 Å². The molecular formula is C14H20N6O. The largest absolute Gasteiger partial charge is 0.294 e. The Kier molecular flexibility index (Phi) is 3.21. The van der Waals surface area contributed by atoms with Crippen LogP contribution in [0.2, 0.25) is 0 Å². The Morgan fingerprint density at radius 3 is 2.90 bits per heavy atom. The summed E-state index contributed by atoms with van der Waals surface area (Å²) in [5.74, 6) is 1.65. The lowest BCUT2D eigenvalue weighted by Gasteiger charge is -2.33. The Bertz CT molecular complexity index is 699. The molecule has 1 fully saturated rings. The van der Waals surface area contributed by atoms with Crippen LogP contribution in [0.15, 0.2) is 4.79 Å². The van der Waals surface area contributed by atoms with E-state index in [1.54, 1.807) is 4.57 Å². The number of nitrogens with zero attached hydrogens (tertiary/aromatic N) is 5. The summed E-state index contributed by atoms with van der Waals surface area (Å²) in [6, 6.07) is 0. The molecule has 0 aromatic carbocycles. The first-order chi connectivity index (χ1) is 10.3. The Morgan fingerprint density at radius 1 is 1.19 bits per heavy atom. The minimum Gasteiger partial charge on any atom is -0.294 e. The van der Waals surface area contributed by atoms with Crippen LogP contribution in [0.4, 0.5) is 0 Å². The summed E-state index contributed by atoms with van der Waals surface area (Å²) in [6.45, 7) is 3.51. The highest BCUT2D eigenvalue weighted by Crippen LogP contribution is 2.25. The average Bonchev–Trinajstić information content (AvgIpc) is 2.97. The van der Waals surface area contributed by atoms with Gasteiger partial charge in [0, 0.05) is 19.6 Å². The van der Waals surface area contributed by atoms with Gasteiger partial charge in [0.15, 0.2) is 11.2 Å². The Morgan fingerprint density at radius 2 is 2.05 bits per heavy atom. The summed E-state index contributed by atoms with van der Waals surface area (Å²) in [7, 11) is 0. The first kappa shape index (κ1) is 12.9. The summed E-state index contributed by atoms with van der Waals surface area (Å²) in [5, 5.41) is 10.2. The van der Waals surface area contributed by atoms with Crippen molar-refractivity contribution in [3.8, 4) is 0 Å². The van der Waals surface area contributed by atoms with Crippen LogP contribution in [0.25, 0.3) is 11.2 Å². The van der Waals surface area contributed by atoms with Gasteiger partial charge in [0.2, 0.25) is 0 Å². The first-order valence-corrected chi connectivity index (χ1v) is 7.84. The molecule has 0 atom stereocenters. The number of H-pyrrole nitrogens is 1. The molecule has 0 radical (unpaired) electrons. The number of fused-ring (bicyclic) bond motifs is 2. The summed E-state index contributed by atoms with van der Waals surface area (Å²) in [4.78, 5) is 19.3. The number of nitrogens with one attached hydrogen (secondary N) is 1. The van der Waals surface area contributed by atoms with Crippen molar-refractivity contribution >= 4 is 11.2 Å². The minimum absolute atomic E-state index is 0.0685. The van der Waals surface area contributed by atoms with Crippen molar-refractivity contribution in [2.24, 2.45) is 5.92 Å². The van der Waals surface area contributed by atoms with Crippen LogP contribution >= 0.6 is 0 Å². The van der Waals surface area contributed by atoms with E-state index in [-0.39, 0.29) is 5.56 Å². The molecule has 2 aromatic rings. The fraction of sp³-hybridized carbons (Fsp3) is 0.714. The quantitative estimate of drug-likeness (QED) is 0.888. The van der Waals surface area contributed by atoms with E-state index >= 15 is 0 Å². The lowest BCUT2D eigenvalue weighted by molar-refractivity contribution is 0.162. The zero-order valence-corrected chi connectivity index (χ0v) is 12.1. The standard InChI is InChI=1S/C14H20N6O/c21-14-12-13(17-18-16-12)15-11-9-19(6-7-20(11)14)8-10-4-2-1-3-5-10/h10H,1-9H2,(H,16,17,18). The average molecular weight is 288 g/mol. The fourth-order valence-corrected chi connectivity index (χ4v) is 3.64. The highest BCUT2D eigenvalue weighted by atomic mass is 16.1. The van der Waals surface area contributed by atoms with E-state index in [2.05, 4.69) is 25.3 Å². The number of aromatic amines is 1. The molecule has 3 heterocycles. The molecule has 4 rings (SSSR count). The minimum atomic E-state index is -0.0685. The fourth-order valence-electron chi connectivity index (χ4n) is 3.64. The molecular weight excluding hydrogens is 268 g/mol. The predicted octanol–water partition coefficient (Wildman–Crippen LogP) is 0.910. The van der Waals surface area contributed by atoms with Gasteiger partial charge in [0.05, 0.1) is 6.54 Å². The van der Waals surface area contributed by atoms with Crippen LogP contribution < -0.4 is 5.56 Å². The lowest BCUT2D eigenvalue weighted by Crippen LogP contribution is -2.42. The van der Waals surface area contributed by atoms with E-state index < -0.39 is 0 Å². The van der Waals surface area contributed by atoms with E-state index in [1.165, 1.54) is 32.1 Å². The maximum Gasteiger partial charge on any atom is 0.283 e. The lowest BCUT2D eigenvalue weighted by atomic mass is 9.89. The summed E-state index contributed by atoms with van der Waals surface area (Å²) < 4.78 is 1.75. The molecule has 0 amide bonds. The summed E-state index contributed by atoms with van der Waals surface area (Å²) >= 11 is 0. The molecule has 1 aliphatic heterocycles. The van der Waals surface area contributed by atoms with E-state index in [9.17, 15) is 4.79 Å². The van der Waals surface area contributed by atoms with Gasteiger partial charge in [-0.15, -0.1) is 5.10 Å². The van der Waals surface area contributed by atoms with E-state index in [4.69, 9.17) is 0 Å². The molecule has 2 aliphatic rings. The van der Waals surface area contributed by atoms with Crippen LogP contribution in [-0.4, -0.2) is 43.0 Å². The number of rotatable bonds is 2. The Labute approximate surface area is 122 Å². The van der Waals surface area contributed by atoms with Crippen molar-refractivity contribution in [1.82, 2.24) is 29.9 Å². The topological polar surface area (TPSA) is 79.7 Å². The second-order valence-electron chi connectivity index (χ2n) is 6.23. The van der Waals surface area contributed by atoms with Crippen molar-refractivity contribution in [1.29, 1.82) is 0 Å². The second-order valence-corrected chi connectivity index (χ2v) is 6.23. The zero-order valence-electron chi connectivity index (χ0n) is 12.1. The maximum absolute atomic E-state index is 12.3. The van der Waals surface area contributed by atoms with Gasteiger partial charge in [-0.2, -0.15) is 0 Å². The van der Waals surface area contributed by atoms with Gasteiger partial charge in [0.25, 0.3) is 5.56 Å².